The van der Waals surface area contributed by atoms with Gasteiger partial charge in [-0.05, 0) is 74.0 Å². The van der Waals surface area contributed by atoms with E-state index in [1.54, 1.807) is 23.0 Å². The molecule has 1 N–H and O–H groups in total. The maximum atomic E-state index is 15.0. The highest BCUT2D eigenvalue weighted by Gasteiger charge is 2.16. The molecule has 9 heteroatoms. The topological polar surface area (TPSA) is 88.8 Å². The highest BCUT2D eigenvalue weighted by molar-refractivity contribution is 5.95. The van der Waals surface area contributed by atoms with Gasteiger partial charge in [-0.25, -0.2) is 14.1 Å². The van der Waals surface area contributed by atoms with Gasteiger partial charge in [-0.3, -0.25) is 9.78 Å². The molecular formula is C29H28FN7O. The first-order valence-corrected chi connectivity index (χ1v) is 13.0. The van der Waals surface area contributed by atoms with Crippen LogP contribution in [-0.2, 0) is 6.54 Å². The van der Waals surface area contributed by atoms with Crippen LogP contribution >= 0.6 is 0 Å². The molecule has 5 aromatic rings. The average molecular weight is 510 g/mol. The van der Waals surface area contributed by atoms with Crippen molar-refractivity contribution in [2.24, 2.45) is 0 Å². The van der Waals surface area contributed by atoms with Crippen molar-refractivity contribution in [3.63, 3.8) is 0 Å². The van der Waals surface area contributed by atoms with Gasteiger partial charge < -0.3 is 10.2 Å². The summed E-state index contributed by atoms with van der Waals surface area (Å²) in [5.41, 5.74) is 4.44. The van der Waals surface area contributed by atoms with E-state index < -0.39 is 11.7 Å². The molecule has 0 bridgehead atoms. The SMILES string of the molecule is O=C(NCCN1CCCCC1)c1ccc(-c2ccc3nnn(Cc4ccc5ncccc5c4)c3n2)cc1F. The Kier molecular flexibility index (Phi) is 6.75. The fourth-order valence-corrected chi connectivity index (χ4v) is 4.98. The number of fused-ring (bicyclic) bond motifs is 2. The number of halogens is 1. The second kappa shape index (κ2) is 10.6. The Morgan fingerprint density at radius 3 is 2.71 bits per heavy atom. The number of likely N-dealkylation sites (tertiary alicyclic amines) is 1. The van der Waals surface area contributed by atoms with Crippen LogP contribution in [0.5, 0.6) is 0 Å². The number of hydrogen-bond donors (Lipinski definition) is 1. The van der Waals surface area contributed by atoms with Crippen molar-refractivity contribution in [2.45, 2.75) is 25.8 Å². The Labute approximate surface area is 219 Å². The van der Waals surface area contributed by atoms with Gasteiger partial charge in [0.05, 0.1) is 23.3 Å². The number of carbonyl (C=O) groups excluding carboxylic acids is 1. The Morgan fingerprint density at radius 2 is 1.84 bits per heavy atom. The zero-order valence-electron chi connectivity index (χ0n) is 21.0. The maximum Gasteiger partial charge on any atom is 0.254 e. The summed E-state index contributed by atoms with van der Waals surface area (Å²) in [5, 5.41) is 12.4. The molecule has 3 aromatic heterocycles. The van der Waals surface area contributed by atoms with Crippen LogP contribution in [0.2, 0.25) is 0 Å². The molecule has 0 spiro atoms. The number of nitrogens with zero attached hydrogens (tertiary/aromatic N) is 6. The van der Waals surface area contributed by atoms with Gasteiger partial charge in [-0.15, -0.1) is 5.10 Å². The lowest BCUT2D eigenvalue weighted by Gasteiger charge is -2.26. The van der Waals surface area contributed by atoms with Gasteiger partial charge in [0, 0.05) is 30.2 Å². The lowest BCUT2D eigenvalue weighted by molar-refractivity contribution is 0.0942. The van der Waals surface area contributed by atoms with Crippen molar-refractivity contribution in [3.8, 4) is 11.3 Å². The van der Waals surface area contributed by atoms with E-state index in [-0.39, 0.29) is 5.56 Å². The zero-order valence-corrected chi connectivity index (χ0v) is 21.0. The zero-order chi connectivity index (χ0) is 25.9. The van der Waals surface area contributed by atoms with E-state index in [1.807, 2.05) is 30.3 Å². The number of hydrogen-bond acceptors (Lipinski definition) is 6. The van der Waals surface area contributed by atoms with E-state index in [9.17, 15) is 9.18 Å². The number of benzene rings is 2. The van der Waals surface area contributed by atoms with Crippen molar-refractivity contribution in [3.05, 3.63) is 83.8 Å². The van der Waals surface area contributed by atoms with E-state index in [4.69, 9.17) is 4.98 Å². The lowest BCUT2D eigenvalue weighted by atomic mass is 10.1. The van der Waals surface area contributed by atoms with Gasteiger partial charge in [0.25, 0.3) is 5.91 Å². The summed E-state index contributed by atoms with van der Waals surface area (Å²) in [6, 6.07) is 18.2. The van der Waals surface area contributed by atoms with Crippen LogP contribution in [0.3, 0.4) is 0 Å². The van der Waals surface area contributed by atoms with E-state index >= 15 is 0 Å². The van der Waals surface area contributed by atoms with Crippen LogP contribution in [-0.4, -0.2) is 61.9 Å². The third-order valence-corrected chi connectivity index (χ3v) is 7.03. The molecule has 1 saturated heterocycles. The molecule has 0 radical (unpaired) electrons. The van der Waals surface area contributed by atoms with Crippen molar-refractivity contribution >= 4 is 28.0 Å². The van der Waals surface area contributed by atoms with Gasteiger partial charge >= 0.3 is 0 Å². The largest absolute Gasteiger partial charge is 0.351 e. The molecule has 2 aromatic carbocycles. The number of rotatable bonds is 7. The van der Waals surface area contributed by atoms with Crippen LogP contribution in [0.15, 0.2) is 66.9 Å². The molecule has 0 atom stereocenters. The molecule has 0 unspecified atom stereocenters. The van der Waals surface area contributed by atoms with Crippen LogP contribution in [0.1, 0.15) is 35.2 Å². The molecule has 1 amide bonds. The minimum absolute atomic E-state index is 0.0333. The predicted molar refractivity (Wildman–Crippen MR) is 144 cm³/mol. The summed E-state index contributed by atoms with van der Waals surface area (Å²) in [6.07, 6.45) is 5.43. The third kappa shape index (κ3) is 5.10. The van der Waals surface area contributed by atoms with Crippen LogP contribution in [0.25, 0.3) is 33.3 Å². The number of nitrogens with one attached hydrogen (secondary N) is 1. The quantitative estimate of drug-likeness (QED) is 0.349. The monoisotopic (exact) mass is 509 g/mol. The lowest BCUT2D eigenvalue weighted by Crippen LogP contribution is -2.37. The van der Waals surface area contributed by atoms with Crippen LogP contribution < -0.4 is 5.32 Å². The second-order valence-electron chi connectivity index (χ2n) is 9.67. The average Bonchev–Trinajstić information content (AvgIpc) is 3.35. The van der Waals surface area contributed by atoms with Crippen molar-refractivity contribution in [1.29, 1.82) is 0 Å². The molecule has 1 aliphatic rings. The van der Waals surface area contributed by atoms with Crippen molar-refractivity contribution < 1.29 is 9.18 Å². The van der Waals surface area contributed by atoms with Gasteiger partial charge in [-0.1, -0.05) is 29.8 Å². The third-order valence-electron chi connectivity index (χ3n) is 7.03. The van der Waals surface area contributed by atoms with Gasteiger partial charge in [0.15, 0.2) is 5.65 Å². The normalized spacial score (nSPS) is 14.2. The summed E-state index contributed by atoms with van der Waals surface area (Å²) in [6.45, 7) is 3.90. The summed E-state index contributed by atoms with van der Waals surface area (Å²) in [7, 11) is 0. The van der Waals surface area contributed by atoms with Crippen molar-refractivity contribution in [2.75, 3.05) is 26.2 Å². The van der Waals surface area contributed by atoms with E-state index in [1.165, 1.54) is 31.4 Å². The summed E-state index contributed by atoms with van der Waals surface area (Å²) < 4.78 is 16.7. The van der Waals surface area contributed by atoms with Crippen molar-refractivity contribution in [1.82, 2.24) is 35.2 Å². The molecule has 0 saturated carbocycles. The minimum atomic E-state index is -0.573. The number of amides is 1. The van der Waals surface area contributed by atoms with Gasteiger partial charge in [0.1, 0.15) is 11.3 Å². The molecule has 192 valence electrons. The first kappa shape index (κ1) is 24.1. The summed E-state index contributed by atoms with van der Waals surface area (Å²) >= 11 is 0. The first-order valence-electron chi connectivity index (χ1n) is 13.0. The molecule has 6 rings (SSSR count). The van der Waals surface area contributed by atoms with Gasteiger partial charge in [0.2, 0.25) is 0 Å². The first-order chi connectivity index (χ1) is 18.6. The van der Waals surface area contributed by atoms with Crippen LogP contribution in [0, 0.1) is 5.82 Å². The fraction of sp³-hybridized carbons (Fsp3) is 0.276. The highest BCUT2D eigenvalue weighted by atomic mass is 19.1. The summed E-state index contributed by atoms with van der Waals surface area (Å²) in [4.78, 5) is 24.0. The molecule has 0 aliphatic carbocycles. The standard InChI is InChI=1S/C29H28FN7O/c30-24-18-22(7-8-23(24)29(38)32-13-16-36-14-2-1-3-15-36)26-10-11-27-28(33-26)37(35-34-27)19-20-6-9-25-21(17-20)5-4-12-31-25/h4-12,17-18H,1-3,13-16,19H2,(H,32,38). The highest BCUT2D eigenvalue weighted by Crippen LogP contribution is 2.23. The van der Waals surface area contributed by atoms with E-state index in [0.717, 1.165) is 36.1 Å². The number of carbonyl (C=O) groups is 1. The number of pyridine rings is 2. The molecule has 1 aliphatic heterocycles. The van der Waals surface area contributed by atoms with E-state index in [0.29, 0.717) is 35.5 Å². The molecule has 8 nitrogen and oxygen atoms in total. The molecule has 4 heterocycles. The van der Waals surface area contributed by atoms with Crippen LogP contribution in [0.4, 0.5) is 4.39 Å². The van der Waals surface area contributed by atoms with Gasteiger partial charge in [-0.2, -0.15) is 0 Å². The molecule has 1 fully saturated rings. The Hall–Kier alpha value is -4.24. The smallest absolute Gasteiger partial charge is 0.254 e. The molecular weight excluding hydrogens is 481 g/mol. The Balaban J connectivity index is 1.18. The number of aromatic nitrogens is 5. The fourth-order valence-electron chi connectivity index (χ4n) is 4.98. The summed E-state index contributed by atoms with van der Waals surface area (Å²) in [5.74, 6) is -0.974. The minimum Gasteiger partial charge on any atom is -0.351 e. The molecule has 38 heavy (non-hydrogen) atoms. The number of piperidine rings is 1. The predicted octanol–water partition coefficient (Wildman–Crippen LogP) is 4.44. The second-order valence-corrected chi connectivity index (χ2v) is 9.67. The maximum absolute atomic E-state index is 15.0. The van der Waals surface area contributed by atoms with E-state index in [2.05, 4.69) is 31.6 Å². The Bertz CT molecular complexity index is 1610. The Morgan fingerprint density at radius 1 is 0.974 bits per heavy atom.